The van der Waals surface area contributed by atoms with Gasteiger partial charge in [0.05, 0.1) is 0 Å². The Balaban J connectivity index is 1.61. The molecular formula is C19H20Cl2N2OS. The average Bonchev–Trinajstić information content (AvgIpc) is 2.62. The molecule has 1 fully saturated rings. The molecule has 0 aliphatic carbocycles. The van der Waals surface area contributed by atoms with Crippen LogP contribution in [0.3, 0.4) is 0 Å². The zero-order valence-corrected chi connectivity index (χ0v) is 16.4. The minimum absolute atomic E-state index is 0.334. The van der Waals surface area contributed by atoms with Crippen molar-refractivity contribution in [1.29, 1.82) is 0 Å². The topological polar surface area (TPSA) is 15.7 Å². The summed E-state index contributed by atoms with van der Waals surface area (Å²) < 4.78 is 5.82. The second-order valence-corrected chi connectivity index (χ2v) is 7.31. The van der Waals surface area contributed by atoms with Gasteiger partial charge in [-0.15, -0.1) is 0 Å². The number of nitrogens with zero attached hydrogens (tertiary/aromatic N) is 2. The van der Waals surface area contributed by atoms with E-state index in [9.17, 15) is 0 Å². The maximum Gasteiger partial charge on any atom is 0.119 e. The molecule has 0 aromatic heterocycles. The molecule has 1 saturated heterocycles. The summed E-state index contributed by atoms with van der Waals surface area (Å²) in [5, 5.41) is 1.22. The number of likely N-dealkylation sites (N-methyl/N-ethyl adjacent to an activating group) is 1. The normalized spacial score (nSPS) is 15.2. The van der Waals surface area contributed by atoms with Crippen LogP contribution in [0.5, 0.6) is 5.75 Å². The summed E-state index contributed by atoms with van der Waals surface area (Å²) in [4.78, 5) is 5.47. The van der Waals surface area contributed by atoms with Crippen molar-refractivity contribution >= 4 is 40.4 Å². The first kappa shape index (κ1) is 18.5. The van der Waals surface area contributed by atoms with Gasteiger partial charge in [-0.1, -0.05) is 41.5 Å². The Morgan fingerprint density at radius 2 is 1.60 bits per heavy atom. The van der Waals surface area contributed by atoms with Gasteiger partial charge in [-0.25, -0.2) is 0 Å². The van der Waals surface area contributed by atoms with Crippen LogP contribution in [-0.4, -0.2) is 48.0 Å². The van der Waals surface area contributed by atoms with Crippen molar-refractivity contribution in [2.75, 3.05) is 33.2 Å². The summed E-state index contributed by atoms with van der Waals surface area (Å²) in [5.74, 6) is 0.765. The lowest BCUT2D eigenvalue weighted by Crippen LogP contribution is -2.46. The second-order valence-electron chi connectivity index (χ2n) is 6.11. The molecule has 0 spiro atoms. The van der Waals surface area contributed by atoms with E-state index in [2.05, 4.69) is 16.8 Å². The predicted molar refractivity (Wildman–Crippen MR) is 108 cm³/mol. The molecule has 0 saturated carbocycles. The highest BCUT2D eigenvalue weighted by Crippen LogP contribution is 2.26. The lowest BCUT2D eigenvalue weighted by atomic mass is 10.2. The molecule has 3 nitrogen and oxygen atoms in total. The number of rotatable bonds is 4. The van der Waals surface area contributed by atoms with E-state index in [0.29, 0.717) is 16.7 Å². The summed E-state index contributed by atoms with van der Waals surface area (Å²) in [7, 11) is 2.14. The van der Waals surface area contributed by atoms with Gasteiger partial charge >= 0.3 is 0 Å². The molecule has 2 aromatic carbocycles. The van der Waals surface area contributed by atoms with Gasteiger partial charge < -0.3 is 14.5 Å². The summed E-state index contributed by atoms with van der Waals surface area (Å²) in [6, 6.07) is 13.3. The number of hydrogen-bond acceptors (Lipinski definition) is 3. The van der Waals surface area contributed by atoms with Crippen LogP contribution in [0, 0.1) is 0 Å². The molecule has 0 N–H and O–H groups in total. The van der Waals surface area contributed by atoms with Gasteiger partial charge in [0, 0.05) is 47.4 Å². The SMILES string of the molecule is CN1CCN(C(=S)c2ccc(OCc3c(Cl)cccc3Cl)cc2)CC1. The van der Waals surface area contributed by atoms with E-state index in [4.69, 9.17) is 40.2 Å². The van der Waals surface area contributed by atoms with Crippen molar-refractivity contribution in [3.63, 3.8) is 0 Å². The Kier molecular flexibility index (Phi) is 6.18. The van der Waals surface area contributed by atoms with Crippen LogP contribution in [0.1, 0.15) is 11.1 Å². The van der Waals surface area contributed by atoms with Gasteiger partial charge in [0.25, 0.3) is 0 Å². The molecule has 0 bridgehead atoms. The molecule has 25 heavy (non-hydrogen) atoms. The highest BCUT2D eigenvalue weighted by Gasteiger charge is 2.17. The largest absolute Gasteiger partial charge is 0.489 e. The van der Waals surface area contributed by atoms with E-state index in [1.165, 1.54) is 0 Å². The fourth-order valence-electron chi connectivity index (χ4n) is 2.71. The van der Waals surface area contributed by atoms with Crippen LogP contribution in [0.15, 0.2) is 42.5 Å². The van der Waals surface area contributed by atoms with Crippen LogP contribution in [-0.2, 0) is 6.61 Å². The Morgan fingerprint density at radius 3 is 2.20 bits per heavy atom. The summed E-state index contributed by atoms with van der Waals surface area (Å²) in [6.45, 7) is 4.36. The number of ether oxygens (including phenoxy) is 1. The van der Waals surface area contributed by atoms with Crippen molar-refractivity contribution < 1.29 is 4.74 Å². The van der Waals surface area contributed by atoms with Gasteiger partial charge in [-0.05, 0) is 43.4 Å². The molecule has 6 heteroatoms. The molecule has 132 valence electrons. The number of piperazine rings is 1. The second kappa shape index (κ2) is 8.37. The van der Waals surface area contributed by atoms with E-state index in [1.807, 2.05) is 42.5 Å². The van der Waals surface area contributed by atoms with Gasteiger partial charge in [0.1, 0.15) is 17.3 Å². The Morgan fingerprint density at radius 1 is 1.00 bits per heavy atom. The van der Waals surface area contributed by atoms with Gasteiger partial charge in [-0.3, -0.25) is 0 Å². The first-order valence-corrected chi connectivity index (χ1v) is 9.34. The van der Waals surface area contributed by atoms with E-state index < -0.39 is 0 Å². The van der Waals surface area contributed by atoms with Crippen molar-refractivity contribution in [3.8, 4) is 5.75 Å². The van der Waals surface area contributed by atoms with Crippen LogP contribution in [0.2, 0.25) is 10.0 Å². The minimum atomic E-state index is 0.334. The van der Waals surface area contributed by atoms with Crippen LogP contribution >= 0.6 is 35.4 Å². The standard InChI is InChI=1S/C19H20Cl2N2OS/c1-22-9-11-23(12-10-22)19(25)14-5-7-15(8-6-14)24-13-16-17(20)3-2-4-18(16)21/h2-8H,9-13H2,1H3. The Labute approximate surface area is 164 Å². The Bertz CT molecular complexity index is 723. The van der Waals surface area contributed by atoms with Gasteiger partial charge in [0.2, 0.25) is 0 Å². The summed E-state index contributed by atoms with van der Waals surface area (Å²) in [6.07, 6.45) is 0. The lowest BCUT2D eigenvalue weighted by Gasteiger charge is -2.34. The molecule has 0 radical (unpaired) electrons. The number of halogens is 2. The molecule has 0 amide bonds. The number of benzene rings is 2. The molecule has 0 atom stereocenters. The molecule has 1 heterocycles. The summed E-state index contributed by atoms with van der Waals surface area (Å²) in [5.41, 5.74) is 1.84. The van der Waals surface area contributed by atoms with E-state index in [0.717, 1.165) is 48.0 Å². The molecule has 3 rings (SSSR count). The fourth-order valence-corrected chi connectivity index (χ4v) is 3.54. The van der Waals surface area contributed by atoms with E-state index in [1.54, 1.807) is 0 Å². The first-order valence-electron chi connectivity index (χ1n) is 8.18. The highest BCUT2D eigenvalue weighted by molar-refractivity contribution is 7.80. The van der Waals surface area contributed by atoms with E-state index >= 15 is 0 Å². The van der Waals surface area contributed by atoms with Crippen molar-refractivity contribution in [2.24, 2.45) is 0 Å². The smallest absolute Gasteiger partial charge is 0.119 e. The van der Waals surface area contributed by atoms with Crippen LogP contribution in [0.25, 0.3) is 0 Å². The van der Waals surface area contributed by atoms with Gasteiger partial charge in [-0.2, -0.15) is 0 Å². The molecule has 2 aromatic rings. The number of hydrogen-bond donors (Lipinski definition) is 0. The molecule has 0 unspecified atom stereocenters. The predicted octanol–water partition coefficient (Wildman–Crippen LogP) is 4.50. The third-order valence-electron chi connectivity index (χ3n) is 4.34. The van der Waals surface area contributed by atoms with Crippen molar-refractivity contribution in [1.82, 2.24) is 9.80 Å². The number of thiocarbonyl (C=S) groups is 1. The van der Waals surface area contributed by atoms with Gasteiger partial charge in [0.15, 0.2) is 0 Å². The molecule has 1 aliphatic rings. The third kappa shape index (κ3) is 4.64. The van der Waals surface area contributed by atoms with Crippen LogP contribution in [0.4, 0.5) is 0 Å². The quantitative estimate of drug-likeness (QED) is 0.709. The van der Waals surface area contributed by atoms with Crippen molar-refractivity contribution in [2.45, 2.75) is 6.61 Å². The average molecular weight is 395 g/mol. The van der Waals surface area contributed by atoms with Crippen molar-refractivity contribution in [3.05, 3.63) is 63.6 Å². The molecular weight excluding hydrogens is 375 g/mol. The van der Waals surface area contributed by atoms with Crippen LogP contribution < -0.4 is 4.74 Å². The highest BCUT2D eigenvalue weighted by atomic mass is 35.5. The zero-order chi connectivity index (χ0) is 17.8. The Hall–Kier alpha value is -1.33. The lowest BCUT2D eigenvalue weighted by molar-refractivity contribution is 0.218. The molecule has 1 aliphatic heterocycles. The zero-order valence-electron chi connectivity index (χ0n) is 14.0. The monoisotopic (exact) mass is 394 g/mol. The maximum atomic E-state index is 6.17. The first-order chi connectivity index (χ1) is 12.0. The fraction of sp³-hybridized carbons (Fsp3) is 0.316. The maximum absolute atomic E-state index is 6.17. The van der Waals surface area contributed by atoms with E-state index in [-0.39, 0.29) is 0 Å². The third-order valence-corrected chi connectivity index (χ3v) is 5.54. The summed E-state index contributed by atoms with van der Waals surface area (Å²) >= 11 is 18.0. The minimum Gasteiger partial charge on any atom is -0.489 e.